The summed E-state index contributed by atoms with van der Waals surface area (Å²) in [4.78, 5) is 33.0. The molecule has 1 atom stereocenters. The Morgan fingerprint density at radius 3 is 2.85 bits per heavy atom. The zero-order valence-electron chi connectivity index (χ0n) is 15.9. The molecule has 2 aromatic heterocycles. The average molecular weight is 393 g/mol. The van der Waals surface area contributed by atoms with Gasteiger partial charge in [-0.2, -0.15) is 0 Å². The maximum Gasteiger partial charge on any atom is 0.310 e. The van der Waals surface area contributed by atoms with Crippen LogP contribution in [0, 0.1) is 5.92 Å². The zero-order valence-corrected chi connectivity index (χ0v) is 16.7. The summed E-state index contributed by atoms with van der Waals surface area (Å²) in [6.45, 7) is 4.20. The Kier molecular flexibility index (Phi) is 6.01. The molecule has 146 valence electrons. The normalized spacial score (nSPS) is 17.9. The van der Waals surface area contributed by atoms with Crippen LogP contribution in [0.4, 0.5) is 0 Å². The van der Waals surface area contributed by atoms with Gasteiger partial charge in [0.2, 0.25) is 0 Å². The Hall–Kier alpha value is -2.12. The summed E-state index contributed by atoms with van der Waals surface area (Å²) in [5, 5.41) is 0.577. The molecule has 0 aliphatic carbocycles. The van der Waals surface area contributed by atoms with E-state index < -0.39 is 0 Å². The number of hydrogen-bond acceptors (Lipinski definition) is 5. The van der Waals surface area contributed by atoms with Crippen LogP contribution in [0.25, 0.3) is 5.65 Å². The summed E-state index contributed by atoms with van der Waals surface area (Å²) in [6, 6.07) is 3.56. The van der Waals surface area contributed by atoms with Crippen LogP contribution in [0.5, 0.6) is 0 Å². The number of likely N-dealkylation sites (tertiary alicyclic amines) is 1. The molecule has 0 aromatic carbocycles. The highest BCUT2D eigenvalue weighted by Crippen LogP contribution is 2.23. The van der Waals surface area contributed by atoms with Crippen molar-refractivity contribution in [2.45, 2.75) is 26.3 Å². The van der Waals surface area contributed by atoms with Crippen LogP contribution in [0.3, 0.4) is 0 Å². The number of amides is 1. The number of carbonyl (C=O) groups is 2. The molecule has 1 fully saturated rings. The van der Waals surface area contributed by atoms with E-state index in [4.69, 9.17) is 16.3 Å². The molecule has 7 nitrogen and oxygen atoms in total. The number of fused-ring (bicyclic) bond motifs is 1. The minimum atomic E-state index is -0.149. The van der Waals surface area contributed by atoms with Crippen LogP contribution < -0.4 is 0 Å². The number of piperidine rings is 1. The van der Waals surface area contributed by atoms with E-state index in [1.54, 1.807) is 32.4 Å². The van der Waals surface area contributed by atoms with Crippen molar-refractivity contribution in [3.63, 3.8) is 0 Å². The summed E-state index contributed by atoms with van der Waals surface area (Å²) in [5.74, 6) is -0.425. The maximum absolute atomic E-state index is 12.6. The van der Waals surface area contributed by atoms with Gasteiger partial charge in [0, 0.05) is 33.4 Å². The molecular weight excluding hydrogens is 368 g/mol. The van der Waals surface area contributed by atoms with Crippen LogP contribution in [0.2, 0.25) is 5.02 Å². The average Bonchev–Trinajstić information content (AvgIpc) is 2.99. The lowest BCUT2D eigenvalue weighted by molar-refractivity contribution is -0.150. The van der Waals surface area contributed by atoms with Crippen molar-refractivity contribution in [1.82, 2.24) is 19.2 Å². The second-order valence-electron chi connectivity index (χ2n) is 7.01. The monoisotopic (exact) mass is 392 g/mol. The topological polar surface area (TPSA) is 67.2 Å². The lowest BCUT2D eigenvalue weighted by Gasteiger charge is -2.31. The van der Waals surface area contributed by atoms with Gasteiger partial charge in [0.15, 0.2) is 5.69 Å². The number of aromatic nitrogens is 2. The third-order valence-electron chi connectivity index (χ3n) is 4.79. The summed E-state index contributed by atoms with van der Waals surface area (Å²) < 4.78 is 7.05. The lowest BCUT2D eigenvalue weighted by atomic mass is 9.98. The first-order chi connectivity index (χ1) is 12.9. The molecule has 1 unspecified atom stereocenters. The number of esters is 1. The SMILES string of the molecule is CCOC(=O)C1CCCN(Cc2c(C(=O)N(C)C)nc3ccc(Cl)cn23)C1. The Bertz CT molecular complexity index is 849. The molecule has 3 heterocycles. The fourth-order valence-electron chi connectivity index (χ4n) is 3.47. The molecule has 0 radical (unpaired) electrons. The first-order valence-corrected chi connectivity index (χ1v) is 9.55. The van der Waals surface area contributed by atoms with E-state index in [-0.39, 0.29) is 17.8 Å². The summed E-state index contributed by atoms with van der Waals surface area (Å²) >= 11 is 6.17. The minimum Gasteiger partial charge on any atom is -0.466 e. The molecule has 0 bridgehead atoms. The van der Waals surface area contributed by atoms with E-state index in [0.29, 0.717) is 36.1 Å². The molecule has 3 rings (SSSR count). The highest BCUT2D eigenvalue weighted by atomic mass is 35.5. The second-order valence-corrected chi connectivity index (χ2v) is 7.44. The first kappa shape index (κ1) is 19.6. The van der Waals surface area contributed by atoms with Gasteiger partial charge in [0.25, 0.3) is 5.91 Å². The number of hydrogen-bond donors (Lipinski definition) is 0. The van der Waals surface area contributed by atoms with E-state index in [9.17, 15) is 9.59 Å². The van der Waals surface area contributed by atoms with Gasteiger partial charge in [0.1, 0.15) is 5.65 Å². The van der Waals surface area contributed by atoms with Crippen molar-refractivity contribution >= 4 is 29.1 Å². The van der Waals surface area contributed by atoms with Crippen molar-refractivity contribution in [3.05, 3.63) is 34.7 Å². The quantitative estimate of drug-likeness (QED) is 0.731. The van der Waals surface area contributed by atoms with Crippen molar-refractivity contribution in [2.75, 3.05) is 33.8 Å². The number of nitrogens with zero attached hydrogens (tertiary/aromatic N) is 4. The predicted molar refractivity (Wildman–Crippen MR) is 103 cm³/mol. The number of halogens is 1. The number of rotatable bonds is 5. The van der Waals surface area contributed by atoms with Gasteiger partial charge < -0.3 is 14.0 Å². The van der Waals surface area contributed by atoms with Crippen LogP contribution in [-0.2, 0) is 16.1 Å². The second kappa shape index (κ2) is 8.27. The van der Waals surface area contributed by atoms with Gasteiger partial charge in [-0.15, -0.1) is 0 Å². The molecule has 2 aromatic rings. The fourth-order valence-corrected chi connectivity index (χ4v) is 3.63. The summed E-state index contributed by atoms with van der Waals surface area (Å²) in [7, 11) is 3.42. The smallest absolute Gasteiger partial charge is 0.310 e. The fraction of sp³-hybridized carbons (Fsp3) is 0.526. The van der Waals surface area contributed by atoms with Crippen LogP contribution in [-0.4, -0.2) is 64.9 Å². The summed E-state index contributed by atoms with van der Waals surface area (Å²) in [6.07, 6.45) is 3.52. The number of carbonyl (C=O) groups excluding carboxylic acids is 2. The van der Waals surface area contributed by atoms with E-state index >= 15 is 0 Å². The van der Waals surface area contributed by atoms with E-state index in [0.717, 1.165) is 25.1 Å². The zero-order chi connectivity index (χ0) is 19.6. The number of imidazole rings is 1. The molecule has 1 amide bonds. The Morgan fingerprint density at radius 2 is 2.15 bits per heavy atom. The van der Waals surface area contributed by atoms with Gasteiger partial charge >= 0.3 is 5.97 Å². The van der Waals surface area contributed by atoms with Crippen LogP contribution in [0.15, 0.2) is 18.3 Å². The predicted octanol–water partition coefficient (Wildman–Crippen LogP) is 2.46. The summed E-state index contributed by atoms with van der Waals surface area (Å²) in [5.41, 5.74) is 1.88. The van der Waals surface area contributed by atoms with E-state index in [1.165, 1.54) is 4.90 Å². The highest BCUT2D eigenvalue weighted by Gasteiger charge is 2.29. The number of pyridine rings is 1. The standard InChI is InChI=1S/C19H25ClN4O3/c1-4-27-19(26)13-6-5-9-23(10-13)12-15-17(18(25)22(2)3)21-16-8-7-14(20)11-24(15)16/h7-8,11,13H,4-6,9-10,12H2,1-3H3. The first-order valence-electron chi connectivity index (χ1n) is 9.17. The van der Waals surface area contributed by atoms with Gasteiger partial charge in [-0.05, 0) is 38.4 Å². The molecule has 0 saturated carbocycles. The minimum absolute atomic E-state index is 0.130. The van der Waals surface area contributed by atoms with Gasteiger partial charge in [-0.1, -0.05) is 11.6 Å². The van der Waals surface area contributed by atoms with Crippen molar-refractivity contribution in [2.24, 2.45) is 5.92 Å². The molecule has 0 spiro atoms. The molecular formula is C19H25ClN4O3. The van der Waals surface area contributed by atoms with Gasteiger partial charge in [0.05, 0.1) is 23.2 Å². The molecule has 8 heteroatoms. The van der Waals surface area contributed by atoms with Crippen molar-refractivity contribution in [1.29, 1.82) is 0 Å². The lowest BCUT2D eigenvalue weighted by Crippen LogP contribution is -2.39. The van der Waals surface area contributed by atoms with Gasteiger partial charge in [-0.3, -0.25) is 14.5 Å². The van der Waals surface area contributed by atoms with Crippen LogP contribution >= 0.6 is 11.6 Å². The molecule has 1 saturated heterocycles. The molecule has 0 N–H and O–H groups in total. The highest BCUT2D eigenvalue weighted by molar-refractivity contribution is 6.30. The third kappa shape index (κ3) is 4.25. The molecule has 1 aliphatic rings. The van der Waals surface area contributed by atoms with E-state index in [1.807, 2.05) is 11.3 Å². The largest absolute Gasteiger partial charge is 0.466 e. The molecule has 27 heavy (non-hydrogen) atoms. The Labute approximate surface area is 163 Å². The van der Waals surface area contributed by atoms with Crippen LogP contribution in [0.1, 0.15) is 35.9 Å². The number of ether oxygens (including phenoxy) is 1. The Morgan fingerprint density at radius 1 is 1.37 bits per heavy atom. The van der Waals surface area contributed by atoms with E-state index in [2.05, 4.69) is 9.88 Å². The van der Waals surface area contributed by atoms with Gasteiger partial charge in [-0.25, -0.2) is 4.98 Å². The third-order valence-corrected chi connectivity index (χ3v) is 5.01. The van der Waals surface area contributed by atoms with Crippen molar-refractivity contribution < 1.29 is 14.3 Å². The van der Waals surface area contributed by atoms with Crippen molar-refractivity contribution in [3.8, 4) is 0 Å². The Balaban J connectivity index is 1.90. The molecule has 1 aliphatic heterocycles. The maximum atomic E-state index is 12.6.